The summed E-state index contributed by atoms with van der Waals surface area (Å²) in [5.41, 5.74) is 2.38. The van der Waals surface area contributed by atoms with Crippen molar-refractivity contribution in [2.24, 2.45) is 20.5 Å². The number of carboxylic acid groups (broad SMARTS) is 1. The summed E-state index contributed by atoms with van der Waals surface area (Å²) in [5, 5.41) is 64.4. The van der Waals surface area contributed by atoms with Gasteiger partial charge in [0.05, 0.1) is 84.8 Å². The SMILES string of the molecule is II.Nc1c(N=Nc2ccc(S(=O)(=O)CCOS(=O)(=O)[O-])cc2)c(S(=O)(=O)[O-])cc2cc(SOO[O-])c(N=Nc3cc(S(=O)(=O)CCOSOO[O-])ccc3C(=O)[O-])c(O)c12.[F-].[Na+].[Na+].[Na+].[Na+].[Na+]. The largest absolute Gasteiger partial charge is 1.00 e. The van der Waals surface area contributed by atoms with Gasteiger partial charge in [-0.25, -0.2) is 33.7 Å². The Morgan fingerprint density at radius 2 is 1.27 bits per heavy atom. The number of carbonyl (C=O) groups excluding carboxylic acids is 1. The summed E-state index contributed by atoms with van der Waals surface area (Å²) in [7, 11) is -19.0. The number of phenols is 1. The first-order valence-corrected chi connectivity index (χ1v) is 28.8. The maximum absolute atomic E-state index is 12.9. The minimum Gasteiger partial charge on any atom is -1.00 e. The van der Waals surface area contributed by atoms with Crippen LogP contribution in [-0.4, -0.2) is 78.6 Å². The fourth-order valence-corrected chi connectivity index (χ4v) is 8.66. The number of aromatic hydroxyl groups is 1. The monoisotopic (exact) mass is 1330 g/mol. The molecule has 0 atom stereocenters. The maximum Gasteiger partial charge on any atom is 1.00 e. The zero-order valence-corrected chi connectivity index (χ0v) is 53.8. The van der Waals surface area contributed by atoms with Crippen LogP contribution >= 0.6 is 61.6 Å². The van der Waals surface area contributed by atoms with Gasteiger partial charge in [0.2, 0.25) is 10.4 Å². The molecule has 0 spiro atoms. The molecular weight excluding hydrogens is 1310 g/mol. The van der Waals surface area contributed by atoms with E-state index < -0.39 is 125 Å². The predicted molar refractivity (Wildman–Crippen MR) is 215 cm³/mol. The molecule has 4 aromatic rings. The predicted octanol–water partition coefficient (Wildman–Crippen LogP) is -15.9. The number of aromatic carboxylic acids is 1. The van der Waals surface area contributed by atoms with Crippen molar-refractivity contribution in [2.45, 2.75) is 19.6 Å². The first-order chi connectivity index (χ1) is 28.6. The van der Waals surface area contributed by atoms with Gasteiger partial charge in [-0.1, -0.05) is 0 Å². The van der Waals surface area contributed by atoms with Crippen molar-refractivity contribution in [3.8, 4) is 5.75 Å². The van der Waals surface area contributed by atoms with Crippen molar-refractivity contribution < 1.29 is 248 Å². The minimum absolute atomic E-state index is 0. The average molecular weight is 1330 g/mol. The van der Waals surface area contributed by atoms with Gasteiger partial charge in [-0.15, -0.1) is 19.7 Å². The molecule has 0 unspecified atom stereocenters. The number of rotatable bonds is 21. The summed E-state index contributed by atoms with van der Waals surface area (Å²) >= 11 is 4.33. The average Bonchev–Trinajstić information content (AvgIpc) is 3.18. The Labute approximate surface area is 522 Å². The number of hydrogen-bond acceptors (Lipinski definition) is 28. The van der Waals surface area contributed by atoms with Gasteiger partial charge < -0.3 is 45.1 Å². The molecule has 0 heterocycles. The molecule has 3 N–H and O–H groups in total. The van der Waals surface area contributed by atoms with Gasteiger partial charge in [-0.05, 0) is 60.0 Å². The number of halogens is 3. The van der Waals surface area contributed by atoms with E-state index in [2.05, 4.69) is 84.8 Å². The number of carbonyl (C=O) groups is 1. The first kappa shape index (κ1) is 75.4. The Kier molecular flexibility index (Phi) is 39.6. The maximum atomic E-state index is 12.9. The molecule has 0 aliphatic heterocycles. The summed E-state index contributed by atoms with van der Waals surface area (Å²) < 4.78 is 136. The molecule has 40 heteroatoms. The molecule has 0 fully saturated rings. The fourth-order valence-electron chi connectivity index (χ4n) is 4.60. The molecule has 342 valence electrons. The van der Waals surface area contributed by atoms with Gasteiger partial charge in [-0.2, -0.15) is 9.45 Å². The quantitative estimate of drug-likeness (QED) is 0.00747. The van der Waals surface area contributed by atoms with Gasteiger partial charge in [0.15, 0.2) is 37.7 Å². The molecular formula is C27H20FI2N5Na5O21S6-. The summed E-state index contributed by atoms with van der Waals surface area (Å²) in [4.78, 5) is 9.46. The van der Waals surface area contributed by atoms with Crippen LogP contribution in [0.3, 0.4) is 0 Å². The normalized spacial score (nSPS) is 11.4. The van der Waals surface area contributed by atoms with E-state index in [1.54, 1.807) is 0 Å². The van der Waals surface area contributed by atoms with Gasteiger partial charge in [0.1, 0.15) is 21.5 Å². The van der Waals surface area contributed by atoms with Crippen LogP contribution in [0.5, 0.6) is 5.75 Å². The van der Waals surface area contributed by atoms with E-state index >= 15 is 0 Å². The Balaban J connectivity index is -0.00000245. The van der Waals surface area contributed by atoms with Crippen LogP contribution < -0.4 is 174 Å². The number of phenolic OH excluding ortho intramolecular Hbond substituents is 1. The van der Waals surface area contributed by atoms with Crippen molar-refractivity contribution in [3.05, 3.63) is 60.2 Å². The zero-order chi connectivity index (χ0) is 45.8. The summed E-state index contributed by atoms with van der Waals surface area (Å²) in [6.45, 7) is -1.52. The molecule has 0 amide bonds. The molecule has 0 radical (unpaired) electrons. The van der Waals surface area contributed by atoms with Crippen molar-refractivity contribution in [1.82, 2.24) is 0 Å². The van der Waals surface area contributed by atoms with Gasteiger partial charge in [0.25, 0.3) is 0 Å². The van der Waals surface area contributed by atoms with E-state index in [0.29, 0.717) is 6.07 Å². The van der Waals surface area contributed by atoms with E-state index in [1.165, 1.54) is 0 Å². The Bertz CT molecular complexity index is 2780. The summed E-state index contributed by atoms with van der Waals surface area (Å²) in [6, 6.07) is 8.17. The number of sulfone groups is 2. The number of nitrogens with zero attached hydrogens (tertiary/aromatic N) is 4. The van der Waals surface area contributed by atoms with Crippen LogP contribution in [0.15, 0.2) is 94.6 Å². The molecule has 67 heavy (non-hydrogen) atoms. The second-order valence-electron chi connectivity index (χ2n) is 10.7. The van der Waals surface area contributed by atoms with Gasteiger partial charge >= 0.3 is 148 Å². The summed E-state index contributed by atoms with van der Waals surface area (Å²) in [6.07, 6.45) is 0. The Morgan fingerprint density at radius 1 is 0.731 bits per heavy atom. The van der Waals surface area contributed by atoms with E-state index in [9.17, 15) is 68.3 Å². The molecule has 0 aromatic heterocycles. The number of nitrogens with two attached hydrogens (primary N) is 1. The van der Waals surface area contributed by atoms with Gasteiger partial charge in [0, 0.05) is 42.8 Å². The van der Waals surface area contributed by atoms with Crippen LogP contribution in [-0.2, 0) is 67.3 Å². The number of azo groups is 2. The van der Waals surface area contributed by atoms with Crippen LogP contribution in [0.25, 0.3) is 10.8 Å². The minimum atomic E-state index is -5.46. The molecule has 4 aromatic carbocycles. The fraction of sp³-hybridized carbons (Fsp3) is 0.148. The third-order valence-corrected chi connectivity index (χ3v) is 12.8. The molecule has 0 saturated carbocycles. The van der Waals surface area contributed by atoms with Crippen molar-refractivity contribution in [2.75, 3.05) is 30.5 Å². The number of fused-ring (bicyclic) bond motifs is 1. The van der Waals surface area contributed by atoms with E-state index in [4.69, 9.17) is 5.73 Å². The van der Waals surface area contributed by atoms with E-state index in [-0.39, 0.29) is 193 Å². The molecule has 0 aliphatic rings. The van der Waals surface area contributed by atoms with Crippen LogP contribution in [0.2, 0.25) is 0 Å². The molecule has 4 rings (SSSR count). The topological polar surface area (TPSA) is 420 Å². The first-order valence-electron chi connectivity index (χ1n) is 15.0. The Morgan fingerprint density at radius 3 is 1.81 bits per heavy atom. The zero-order valence-electron chi connectivity index (χ0n) is 34.6. The molecule has 0 bridgehead atoms. The number of anilines is 1. The molecule has 0 aliphatic carbocycles. The third-order valence-electron chi connectivity index (χ3n) is 7.12. The van der Waals surface area contributed by atoms with Crippen LogP contribution in [0.1, 0.15) is 10.4 Å². The van der Waals surface area contributed by atoms with Crippen molar-refractivity contribution >= 4 is 147 Å². The van der Waals surface area contributed by atoms with E-state index in [0.717, 1.165) is 48.5 Å². The van der Waals surface area contributed by atoms with E-state index in [1.807, 2.05) is 0 Å². The molecule has 0 saturated heterocycles. The number of carboxylic acids is 1. The van der Waals surface area contributed by atoms with Crippen LogP contribution in [0.4, 0.5) is 28.4 Å². The smallest absolute Gasteiger partial charge is 1.00 e. The second-order valence-corrected chi connectivity index (χ2v) is 18.6. The van der Waals surface area contributed by atoms with Crippen LogP contribution in [0, 0.1) is 0 Å². The second kappa shape index (κ2) is 35.2. The molecule has 26 nitrogen and oxygen atoms in total. The van der Waals surface area contributed by atoms with Crippen molar-refractivity contribution in [3.63, 3.8) is 0 Å². The van der Waals surface area contributed by atoms with Gasteiger partial charge in [-0.3, -0.25) is 18.4 Å². The number of benzene rings is 4. The third kappa shape index (κ3) is 23.1. The number of hydrogen-bond donors (Lipinski definition) is 2. The standard InChI is InChI=1S/C27H25N5O21S6.FH.I2.5Na/c28-23-22-14(12-21(58(42,43)44)25(23)32-29-15-1-3-16(4-2-15)56(38,39)10-8-49-59(45,46)47)11-20(54-52-50-36)24(26(22)33)31-30-19-13-17(5-6-18(19)27(34)35)57(40,41)9-7-48-55-53-51-37;;1-2;;;;;/h1-6,11-13,33,36-37H,7-10,28H2,(H,34,35)(H,42,43,44)(H,45,46,47);1H;;;;;;/q;;;5*+1/p-6. The van der Waals surface area contributed by atoms with Crippen molar-refractivity contribution in [1.29, 1.82) is 0 Å². The number of nitrogen functional groups attached to an aromatic ring is 1. The summed E-state index contributed by atoms with van der Waals surface area (Å²) in [5.74, 6) is -4.49. The Hall–Kier alpha value is 1.90.